The first-order valence-corrected chi connectivity index (χ1v) is 5.82. The molecule has 0 amide bonds. The molecule has 0 saturated carbocycles. The molecule has 2 aromatic rings. The highest BCUT2D eigenvalue weighted by Crippen LogP contribution is 2.30. The Morgan fingerprint density at radius 2 is 2.06 bits per heavy atom. The van der Waals surface area contributed by atoms with E-state index in [0.717, 1.165) is 11.3 Å². The molecule has 1 heterocycles. The molecule has 0 unspecified atom stereocenters. The highest BCUT2D eigenvalue weighted by Gasteiger charge is 2.17. The third kappa shape index (κ3) is 2.18. The van der Waals surface area contributed by atoms with Crippen molar-refractivity contribution in [3.05, 3.63) is 35.0 Å². The highest BCUT2D eigenvalue weighted by atomic mass is 35.5. The molecule has 1 aromatic heterocycles. The van der Waals surface area contributed by atoms with Gasteiger partial charge in [0.15, 0.2) is 0 Å². The summed E-state index contributed by atoms with van der Waals surface area (Å²) in [5.74, 6) is 0. The largest absolute Gasteiger partial charge is 0.390 e. The van der Waals surface area contributed by atoms with Crippen molar-refractivity contribution >= 4 is 11.6 Å². The van der Waals surface area contributed by atoms with E-state index in [1.54, 1.807) is 4.68 Å². The van der Waals surface area contributed by atoms with Crippen molar-refractivity contribution in [3.8, 4) is 11.3 Å². The van der Waals surface area contributed by atoms with Gasteiger partial charge in [0.1, 0.15) is 5.69 Å². The van der Waals surface area contributed by atoms with Crippen LogP contribution in [0.2, 0.25) is 5.02 Å². The molecule has 1 N–H and O–H groups in total. The number of aliphatic hydroxyl groups excluding tert-OH is 1. The fraction of sp³-hybridized carbons (Fsp3) is 0.333. The van der Waals surface area contributed by atoms with E-state index >= 15 is 0 Å². The lowest BCUT2D eigenvalue weighted by molar-refractivity contribution is 0.277. The Labute approximate surface area is 105 Å². The molecule has 0 aliphatic rings. The Bertz CT molecular complexity index is 522. The summed E-state index contributed by atoms with van der Waals surface area (Å²) in [6.07, 6.45) is 0. The van der Waals surface area contributed by atoms with E-state index in [4.69, 9.17) is 11.6 Å². The van der Waals surface area contributed by atoms with Crippen LogP contribution in [0.15, 0.2) is 24.3 Å². The molecule has 0 spiro atoms. The van der Waals surface area contributed by atoms with Gasteiger partial charge in [-0.2, -0.15) is 0 Å². The molecule has 0 radical (unpaired) electrons. The maximum absolute atomic E-state index is 9.31. The van der Waals surface area contributed by atoms with Crippen molar-refractivity contribution in [2.75, 3.05) is 0 Å². The summed E-state index contributed by atoms with van der Waals surface area (Å²) in [4.78, 5) is 0. The second-order valence-corrected chi connectivity index (χ2v) is 4.47. The smallest absolute Gasteiger partial charge is 0.116 e. The number of hydrogen-bond acceptors (Lipinski definition) is 3. The third-order valence-electron chi connectivity index (χ3n) is 2.53. The lowest BCUT2D eigenvalue weighted by atomic mass is 10.1. The van der Waals surface area contributed by atoms with E-state index in [-0.39, 0.29) is 12.6 Å². The van der Waals surface area contributed by atoms with E-state index in [0.29, 0.717) is 10.7 Å². The summed E-state index contributed by atoms with van der Waals surface area (Å²) >= 11 is 6.17. The van der Waals surface area contributed by atoms with Gasteiger partial charge in [-0.05, 0) is 19.9 Å². The number of halogens is 1. The molecule has 0 bridgehead atoms. The van der Waals surface area contributed by atoms with Crippen LogP contribution in [-0.2, 0) is 6.61 Å². The van der Waals surface area contributed by atoms with Crippen LogP contribution in [0.5, 0.6) is 0 Å². The Balaban J connectivity index is 2.64. The van der Waals surface area contributed by atoms with Crippen LogP contribution in [0, 0.1) is 0 Å². The summed E-state index contributed by atoms with van der Waals surface area (Å²) in [5.41, 5.74) is 2.18. The quantitative estimate of drug-likeness (QED) is 0.913. The molecular formula is C12H14ClN3O. The molecule has 0 atom stereocenters. The Morgan fingerprint density at radius 3 is 2.65 bits per heavy atom. The second kappa shape index (κ2) is 4.85. The SMILES string of the molecule is CC(C)n1nnc(CO)c1-c1ccccc1Cl. The monoisotopic (exact) mass is 251 g/mol. The van der Waals surface area contributed by atoms with E-state index in [1.807, 2.05) is 38.1 Å². The van der Waals surface area contributed by atoms with Gasteiger partial charge in [-0.15, -0.1) is 5.10 Å². The molecule has 90 valence electrons. The lowest BCUT2D eigenvalue weighted by Crippen LogP contribution is -2.05. The number of aromatic nitrogens is 3. The van der Waals surface area contributed by atoms with Crippen molar-refractivity contribution in [2.45, 2.75) is 26.5 Å². The molecule has 0 saturated heterocycles. The summed E-state index contributed by atoms with van der Waals surface area (Å²) in [6, 6.07) is 7.65. The molecule has 0 fully saturated rings. The van der Waals surface area contributed by atoms with Gasteiger partial charge in [0.2, 0.25) is 0 Å². The Kier molecular flexibility index (Phi) is 3.45. The van der Waals surface area contributed by atoms with Crippen LogP contribution in [0.1, 0.15) is 25.6 Å². The first-order chi connectivity index (χ1) is 8.15. The fourth-order valence-electron chi connectivity index (χ4n) is 1.73. The number of hydrogen-bond donors (Lipinski definition) is 1. The lowest BCUT2D eigenvalue weighted by Gasteiger charge is -2.11. The predicted octanol–water partition coefficient (Wildman–Crippen LogP) is 2.67. The van der Waals surface area contributed by atoms with E-state index < -0.39 is 0 Å². The third-order valence-corrected chi connectivity index (χ3v) is 2.86. The van der Waals surface area contributed by atoms with E-state index in [1.165, 1.54) is 0 Å². The van der Waals surface area contributed by atoms with Crippen LogP contribution in [0.4, 0.5) is 0 Å². The van der Waals surface area contributed by atoms with E-state index in [9.17, 15) is 5.11 Å². The summed E-state index contributed by atoms with van der Waals surface area (Å²) in [7, 11) is 0. The number of aliphatic hydroxyl groups is 1. The zero-order valence-corrected chi connectivity index (χ0v) is 10.5. The molecule has 0 aliphatic carbocycles. The first kappa shape index (κ1) is 12.1. The maximum Gasteiger partial charge on any atom is 0.116 e. The fourth-order valence-corrected chi connectivity index (χ4v) is 1.95. The second-order valence-electron chi connectivity index (χ2n) is 4.06. The maximum atomic E-state index is 9.31. The van der Waals surface area contributed by atoms with Crippen LogP contribution < -0.4 is 0 Å². The molecular weight excluding hydrogens is 238 g/mol. The molecule has 0 aliphatic heterocycles. The average Bonchev–Trinajstić information content (AvgIpc) is 2.73. The summed E-state index contributed by atoms with van der Waals surface area (Å²) in [6.45, 7) is 3.87. The van der Waals surface area contributed by atoms with Gasteiger partial charge in [0.05, 0.1) is 17.3 Å². The van der Waals surface area contributed by atoms with Gasteiger partial charge in [0.25, 0.3) is 0 Å². The van der Waals surface area contributed by atoms with E-state index in [2.05, 4.69) is 10.3 Å². The molecule has 2 rings (SSSR count). The predicted molar refractivity (Wildman–Crippen MR) is 66.8 cm³/mol. The normalized spacial score (nSPS) is 11.1. The van der Waals surface area contributed by atoms with Crippen molar-refractivity contribution in [1.29, 1.82) is 0 Å². The number of rotatable bonds is 3. The summed E-state index contributed by atoms with van der Waals surface area (Å²) in [5, 5.41) is 18.0. The van der Waals surface area contributed by atoms with Gasteiger partial charge in [-0.1, -0.05) is 35.0 Å². The van der Waals surface area contributed by atoms with Gasteiger partial charge >= 0.3 is 0 Å². The van der Waals surface area contributed by atoms with Crippen molar-refractivity contribution in [1.82, 2.24) is 15.0 Å². The Morgan fingerprint density at radius 1 is 1.35 bits per heavy atom. The zero-order valence-electron chi connectivity index (χ0n) is 9.76. The van der Waals surface area contributed by atoms with Gasteiger partial charge in [-0.25, -0.2) is 4.68 Å². The minimum atomic E-state index is -0.146. The number of benzene rings is 1. The standard InChI is InChI=1S/C12H14ClN3O/c1-8(2)16-12(11(7-17)14-15-16)9-5-3-4-6-10(9)13/h3-6,8,17H,7H2,1-2H3. The van der Waals surface area contributed by atoms with Crippen LogP contribution in [-0.4, -0.2) is 20.1 Å². The van der Waals surface area contributed by atoms with Gasteiger partial charge in [0, 0.05) is 11.6 Å². The van der Waals surface area contributed by atoms with Crippen LogP contribution in [0.25, 0.3) is 11.3 Å². The van der Waals surface area contributed by atoms with Crippen LogP contribution >= 0.6 is 11.6 Å². The van der Waals surface area contributed by atoms with Crippen molar-refractivity contribution in [3.63, 3.8) is 0 Å². The van der Waals surface area contributed by atoms with Gasteiger partial charge in [-0.3, -0.25) is 0 Å². The summed E-state index contributed by atoms with van der Waals surface area (Å²) < 4.78 is 1.77. The topological polar surface area (TPSA) is 50.9 Å². The number of nitrogens with zero attached hydrogens (tertiary/aromatic N) is 3. The molecule has 5 heteroatoms. The van der Waals surface area contributed by atoms with Gasteiger partial charge < -0.3 is 5.11 Å². The minimum Gasteiger partial charge on any atom is -0.390 e. The Hall–Kier alpha value is -1.39. The zero-order chi connectivity index (χ0) is 12.4. The van der Waals surface area contributed by atoms with Crippen molar-refractivity contribution in [2.24, 2.45) is 0 Å². The first-order valence-electron chi connectivity index (χ1n) is 5.45. The highest BCUT2D eigenvalue weighted by molar-refractivity contribution is 6.33. The molecule has 1 aromatic carbocycles. The average molecular weight is 252 g/mol. The molecule has 17 heavy (non-hydrogen) atoms. The molecule has 4 nitrogen and oxygen atoms in total. The minimum absolute atomic E-state index is 0.146. The van der Waals surface area contributed by atoms with Crippen molar-refractivity contribution < 1.29 is 5.11 Å². The van der Waals surface area contributed by atoms with Crippen LogP contribution in [0.3, 0.4) is 0 Å².